The Labute approximate surface area is 273 Å². The zero-order valence-corrected chi connectivity index (χ0v) is 26.2. The summed E-state index contributed by atoms with van der Waals surface area (Å²) in [6.45, 7) is 3.34. The van der Waals surface area contributed by atoms with Gasteiger partial charge in [-0.25, -0.2) is 9.97 Å². The number of rotatable bonds is 8. The number of benzene rings is 2. The minimum Gasteiger partial charge on any atom is -0.323 e. The number of nitrogens with zero attached hydrogens (tertiary/aromatic N) is 5. The molecule has 4 aliphatic rings. The number of hydrogen-bond acceptors (Lipinski definition) is 8. The lowest BCUT2D eigenvalue weighted by Gasteiger charge is -2.32. The van der Waals surface area contributed by atoms with E-state index in [-0.39, 0.29) is 24.1 Å². The Morgan fingerprint density at radius 1 is 0.787 bits per heavy atom. The lowest BCUT2D eigenvalue weighted by Crippen LogP contribution is -2.52. The van der Waals surface area contributed by atoms with Gasteiger partial charge >= 0.3 is 0 Å². The van der Waals surface area contributed by atoms with Crippen LogP contribution in [0.15, 0.2) is 73.2 Å². The molecule has 3 amide bonds. The average molecular weight is 628 g/mol. The van der Waals surface area contributed by atoms with Crippen LogP contribution in [0, 0.1) is 0 Å². The molecule has 2 aromatic heterocycles. The van der Waals surface area contributed by atoms with Crippen LogP contribution in [0.4, 0.5) is 11.6 Å². The summed E-state index contributed by atoms with van der Waals surface area (Å²) < 4.78 is 0. The van der Waals surface area contributed by atoms with Crippen LogP contribution in [-0.4, -0.2) is 61.6 Å². The summed E-state index contributed by atoms with van der Waals surface area (Å²) in [5, 5.41) is 5.61. The molecular formula is C37H37N7O3. The third-order valence-corrected chi connectivity index (χ3v) is 10.0. The smallest absolute Gasteiger partial charge is 0.255 e. The first-order valence-corrected chi connectivity index (χ1v) is 16.6. The first-order valence-electron chi connectivity index (χ1n) is 16.6. The molecular weight excluding hydrogens is 590 g/mol. The summed E-state index contributed by atoms with van der Waals surface area (Å²) in [5.41, 5.74) is 8.27. The summed E-state index contributed by atoms with van der Waals surface area (Å²) in [6.07, 6.45) is 10.9. The van der Waals surface area contributed by atoms with Gasteiger partial charge in [-0.3, -0.25) is 29.6 Å². The molecule has 238 valence electrons. The molecule has 8 rings (SSSR count). The number of nitrogens with one attached hydrogen (secondary N) is 2. The summed E-state index contributed by atoms with van der Waals surface area (Å²) in [7, 11) is 0. The van der Waals surface area contributed by atoms with Gasteiger partial charge in [0.05, 0.1) is 17.6 Å². The second-order valence-corrected chi connectivity index (χ2v) is 13.2. The summed E-state index contributed by atoms with van der Waals surface area (Å²) in [6, 6.07) is 18.3. The van der Waals surface area contributed by atoms with Crippen LogP contribution in [0.1, 0.15) is 83.0 Å². The van der Waals surface area contributed by atoms with E-state index in [9.17, 15) is 14.4 Å². The third kappa shape index (κ3) is 6.25. The van der Waals surface area contributed by atoms with Gasteiger partial charge < -0.3 is 10.2 Å². The first kappa shape index (κ1) is 29.4. The van der Waals surface area contributed by atoms with Gasteiger partial charge in [0.2, 0.25) is 17.8 Å². The van der Waals surface area contributed by atoms with Crippen molar-refractivity contribution in [2.75, 3.05) is 18.4 Å². The second kappa shape index (κ2) is 12.3. The predicted octanol–water partition coefficient (Wildman–Crippen LogP) is 5.30. The normalized spacial score (nSPS) is 20.3. The molecule has 2 saturated heterocycles. The van der Waals surface area contributed by atoms with Crippen molar-refractivity contribution in [3.63, 3.8) is 0 Å². The van der Waals surface area contributed by atoms with E-state index in [4.69, 9.17) is 0 Å². The number of imide groups is 1. The van der Waals surface area contributed by atoms with Gasteiger partial charge in [-0.2, -0.15) is 0 Å². The summed E-state index contributed by atoms with van der Waals surface area (Å²) in [4.78, 5) is 54.7. The Balaban J connectivity index is 0.833. The van der Waals surface area contributed by atoms with Crippen molar-refractivity contribution in [1.82, 2.24) is 30.1 Å². The van der Waals surface area contributed by atoms with E-state index in [0.717, 1.165) is 55.0 Å². The molecule has 1 saturated carbocycles. The number of likely N-dealkylation sites (tertiary alicyclic amines) is 1. The Hall–Kier alpha value is -4.96. The minimum atomic E-state index is -0.581. The van der Waals surface area contributed by atoms with E-state index < -0.39 is 6.04 Å². The number of anilines is 2. The van der Waals surface area contributed by atoms with Crippen molar-refractivity contribution in [1.29, 1.82) is 0 Å². The Morgan fingerprint density at radius 2 is 1.55 bits per heavy atom. The number of carbonyl (C=O) groups excluding carboxylic acids is 3. The Morgan fingerprint density at radius 3 is 2.26 bits per heavy atom. The fraction of sp³-hybridized carbons (Fsp3) is 0.351. The number of amides is 3. The number of piperidine rings is 2. The van der Waals surface area contributed by atoms with Crippen LogP contribution < -0.4 is 10.6 Å². The molecule has 0 spiro atoms. The standard InChI is InChI=1S/C37H37N7O3/c45-34-12-11-33(35(46)42-34)44-22-28-17-27(7-9-31(28)36(44)47)25-13-15-43(16-14-25)21-23-1-3-26(4-2-23)32-10-8-30(20-38-32)41-37-39-18-29(19-40-37)24-5-6-24/h1-4,7-10,17-20,24-25,33H,5-6,11-16,21-22H2,(H,39,40,41)(H,42,45,46). The van der Waals surface area contributed by atoms with Crippen LogP contribution in [0.2, 0.25) is 0 Å². The van der Waals surface area contributed by atoms with Crippen molar-refractivity contribution in [3.8, 4) is 11.3 Å². The number of hydrogen-bond donors (Lipinski definition) is 2. The van der Waals surface area contributed by atoms with Crippen LogP contribution in [0.5, 0.6) is 0 Å². The molecule has 3 aliphatic heterocycles. The highest BCUT2D eigenvalue weighted by atomic mass is 16.2. The zero-order valence-electron chi connectivity index (χ0n) is 26.2. The minimum absolute atomic E-state index is 0.119. The van der Waals surface area contributed by atoms with Gasteiger partial charge in [-0.05, 0) is 97.5 Å². The van der Waals surface area contributed by atoms with Gasteiger partial charge in [0, 0.05) is 43.0 Å². The van der Waals surface area contributed by atoms with Crippen molar-refractivity contribution >= 4 is 29.4 Å². The largest absolute Gasteiger partial charge is 0.323 e. The Bertz CT molecular complexity index is 1810. The molecule has 2 aromatic carbocycles. The lowest BCUT2D eigenvalue weighted by atomic mass is 9.87. The molecule has 0 radical (unpaired) electrons. The number of aromatic nitrogens is 3. The number of pyridine rings is 1. The summed E-state index contributed by atoms with van der Waals surface area (Å²) >= 11 is 0. The van der Waals surface area contributed by atoms with Crippen LogP contribution in [0.25, 0.3) is 11.3 Å². The van der Waals surface area contributed by atoms with Crippen molar-refractivity contribution < 1.29 is 14.4 Å². The molecule has 1 atom stereocenters. The average Bonchev–Trinajstić information content (AvgIpc) is 3.90. The van der Waals surface area contributed by atoms with Gasteiger partial charge in [-0.1, -0.05) is 36.4 Å². The van der Waals surface area contributed by atoms with Gasteiger partial charge in [-0.15, -0.1) is 0 Å². The SMILES string of the molecule is O=C1CCC(N2Cc3cc(C4CCN(Cc5ccc(-c6ccc(Nc7ncc(C8CC8)cn7)cn6)cc5)CC4)ccc3C2=O)C(=O)N1. The molecule has 5 heterocycles. The maximum Gasteiger partial charge on any atom is 0.255 e. The van der Waals surface area contributed by atoms with Crippen molar-refractivity contribution in [2.45, 2.75) is 69.5 Å². The van der Waals surface area contributed by atoms with E-state index in [1.165, 1.54) is 29.5 Å². The molecule has 0 bridgehead atoms. The van der Waals surface area contributed by atoms with E-state index in [0.29, 0.717) is 36.3 Å². The quantitative estimate of drug-likeness (QED) is 0.253. The van der Waals surface area contributed by atoms with E-state index in [2.05, 4.69) is 66.9 Å². The van der Waals surface area contributed by atoms with E-state index in [1.54, 1.807) is 4.90 Å². The number of carbonyl (C=O) groups is 3. The molecule has 2 N–H and O–H groups in total. The van der Waals surface area contributed by atoms with Gasteiger partial charge in [0.25, 0.3) is 5.91 Å². The van der Waals surface area contributed by atoms with E-state index in [1.807, 2.05) is 36.8 Å². The highest BCUT2D eigenvalue weighted by molar-refractivity contribution is 6.05. The molecule has 10 heteroatoms. The molecule has 1 aliphatic carbocycles. The van der Waals surface area contributed by atoms with Crippen LogP contribution >= 0.6 is 0 Å². The van der Waals surface area contributed by atoms with Crippen molar-refractivity contribution in [2.24, 2.45) is 0 Å². The monoisotopic (exact) mass is 627 g/mol. The summed E-state index contributed by atoms with van der Waals surface area (Å²) in [5.74, 6) is 0.908. The maximum atomic E-state index is 13.1. The van der Waals surface area contributed by atoms with Crippen molar-refractivity contribution in [3.05, 3.63) is 101 Å². The Kier molecular flexibility index (Phi) is 7.73. The van der Waals surface area contributed by atoms with Crippen LogP contribution in [-0.2, 0) is 22.7 Å². The van der Waals surface area contributed by atoms with E-state index >= 15 is 0 Å². The second-order valence-electron chi connectivity index (χ2n) is 13.2. The zero-order chi connectivity index (χ0) is 31.9. The molecule has 10 nitrogen and oxygen atoms in total. The highest BCUT2D eigenvalue weighted by Crippen LogP contribution is 2.39. The predicted molar refractivity (Wildman–Crippen MR) is 177 cm³/mol. The highest BCUT2D eigenvalue weighted by Gasteiger charge is 2.39. The number of fused-ring (bicyclic) bond motifs is 1. The first-order chi connectivity index (χ1) is 23.0. The van der Waals surface area contributed by atoms with Crippen LogP contribution in [0.3, 0.4) is 0 Å². The lowest BCUT2D eigenvalue weighted by molar-refractivity contribution is -0.136. The molecule has 47 heavy (non-hydrogen) atoms. The van der Waals surface area contributed by atoms with Gasteiger partial charge in [0.1, 0.15) is 6.04 Å². The fourth-order valence-corrected chi connectivity index (χ4v) is 7.11. The molecule has 1 unspecified atom stereocenters. The maximum absolute atomic E-state index is 13.1. The topological polar surface area (TPSA) is 120 Å². The third-order valence-electron chi connectivity index (χ3n) is 10.0. The molecule has 4 aromatic rings. The van der Waals surface area contributed by atoms with Gasteiger partial charge in [0.15, 0.2) is 0 Å². The fourth-order valence-electron chi connectivity index (χ4n) is 7.11. The molecule has 3 fully saturated rings.